The number of aliphatic carboxylic acids is 1. The number of hydrazone groups is 1. The molecule has 32 heavy (non-hydrogen) atoms. The van der Waals surface area contributed by atoms with Crippen molar-refractivity contribution in [2.45, 2.75) is 52.4 Å². The predicted octanol–water partition coefficient (Wildman–Crippen LogP) is 4.02. The summed E-state index contributed by atoms with van der Waals surface area (Å²) in [6, 6.07) is 5.76. The molecule has 0 spiro atoms. The molecule has 0 aliphatic heterocycles. The van der Waals surface area contributed by atoms with Gasteiger partial charge in [-0.1, -0.05) is 37.6 Å². The molecule has 1 aromatic rings. The number of nitrogens with zero attached hydrogens (tertiary/aromatic N) is 1. The molecule has 0 radical (unpaired) electrons. The van der Waals surface area contributed by atoms with Crippen LogP contribution >= 0.6 is 0 Å². The molecule has 0 aromatic heterocycles. The third-order valence-corrected chi connectivity index (χ3v) is 6.25. The Morgan fingerprint density at radius 3 is 2.47 bits per heavy atom. The number of rotatable bonds is 5. The first-order chi connectivity index (χ1) is 14.9. The Balaban J connectivity index is 1.81. The Hall–Kier alpha value is -3.29. The summed E-state index contributed by atoms with van der Waals surface area (Å²) in [5.74, 6) is -3.29. The molecule has 2 atom stereocenters. The number of carbonyl (C=O) groups is 3. The second-order valence-corrected chi connectivity index (χ2v) is 9.35. The molecule has 0 saturated carbocycles. The summed E-state index contributed by atoms with van der Waals surface area (Å²) < 4.78 is 13.3. The van der Waals surface area contributed by atoms with Gasteiger partial charge in [0.25, 0.3) is 5.91 Å². The van der Waals surface area contributed by atoms with Crippen LogP contribution in [-0.4, -0.2) is 34.1 Å². The highest BCUT2D eigenvalue weighted by Crippen LogP contribution is 2.44. The van der Waals surface area contributed by atoms with E-state index < -0.39 is 23.1 Å². The molecule has 170 valence electrons. The number of carboxylic acid groups (broad SMARTS) is 1. The van der Waals surface area contributed by atoms with Crippen molar-refractivity contribution < 1.29 is 29.0 Å². The molecule has 1 aromatic carbocycles. The number of carbonyl (C=O) groups excluding carboxylic acids is 2. The zero-order valence-corrected chi connectivity index (χ0v) is 18.3. The van der Waals surface area contributed by atoms with E-state index in [-0.39, 0.29) is 47.7 Å². The number of carboxylic acids is 1. The van der Waals surface area contributed by atoms with Gasteiger partial charge < -0.3 is 10.2 Å². The fraction of sp³-hybridized carbons (Fsp3) is 0.417. The lowest BCUT2D eigenvalue weighted by molar-refractivity contribution is -0.157. The quantitative estimate of drug-likeness (QED) is 0.276. The number of allylic oxidation sites excluding steroid dienone is 4. The van der Waals surface area contributed by atoms with Crippen molar-refractivity contribution in [1.29, 1.82) is 0 Å². The summed E-state index contributed by atoms with van der Waals surface area (Å²) in [5.41, 5.74) is 1.73. The van der Waals surface area contributed by atoms with E-state index in [1.807, 2.05) is 20.8 Å². The fourth-order valence-corrected chi connectivity index (χ4v) is 4.31. The lowest BCUT2D eigenvalue weighted by atomic mass is 9.68. The van der Waals surface area contributed by atoms with Gasteiger partial charge in [-0.3, -0.25) is 14.4 Å². The van der Waals surface area contributed by atoms with Gasteiger partial charge in [0.05, 0.1) is 11.8 Å². The summed E-state index contributed by atoms with van der Waals surface area (Å²) in [6.45, 7) is 5.58. The molecule has 1 amide bonds. The predicted molar refractivity (Wildman–Crippen MR) is 117 cm³/mol. The Morgan fingerprint density at radius 1 is 1.22 bits per heavy atom. The van der Waals surface area contributed by atoms with E-state index in [0.717, 1.165) is 11.8 Å². The number of aliphatic hydroxyl groups is 1. The van der Waals surface area contributed by atoms with Gasteiger partial charge >= 0.3 is 5.97 Å². The Kier molecular flexibility index (Phi) is 6.34. The molecule has 2 aliphatic rings. The van der Waals surface area contributed by atoms with Gasteiger partial charge in [-0.25, -0.2) is 9.82 Å². The zero-order chi connectivity index (χ0) is 23.7. The highest BCUT2D eigenvalue weighted by Gasteiger charge is 2.49. The average molecular weight is 442 g/mol. The van der Waals surface area contributed by atoms with Crippen molar-refractivity contribution in [2.24, 2.45) is 15.9 Å². The second kappa shape index (κ2) is 8.68. The van der Waals surface area contributed by atoms with Crippen LogP contribution in [0.15, 0.2) is 52.3 Å². The van der Waals surface area contributed by atoms with Crippen molar-refractivity contribution in [3.63, 3.8) is 0 Å². The Bertz CT molecular complexity index is 1040. The first kappa shape index (κ1) is 23.4. The molecule has 0 bridgehead atoms. The van der Waals surface area contributed by atoms with Crippen LogP contribution in [0, 0.1) is 16.6 Å². The maximum atomic E-state index is 13.3. The number of hydrogen-bond acceptors (Lipinski definition) is 5. The Labute approximate surface area is 185 Å². The van der Waals surface area contributed by atoms with Crippen LogP contribution in [0.5, 0.6) is 0 Å². The topological polar surface area (TPSA) is 116 Å². The van der Waals surface area contributed by atoms with Crippen LogP contribution in [-0.2, 0) is 14.4 Å². The molecule has 0 unspecified atom stereocenters. The van der Waals surface area contributed by atoms with Gasteiger partial charge in [0.1, 0.15) is 11.6 Å². The largest absolute Gasteiger partial charge is 0.511 e. The minimum Gasteiger partial charge on any atom is -0.511 e. The number of nitrogens with one attached hydrogen (secondary N) is 1. The summed E-state index contributed by atoms with van der Waals surface area (Å²) in [7, 11) is 0. The molecule has 2 aliphatic carbocycles. The van der Waals surface area contributed by atoms with Gasteiger partial charge in [-0.15, -0.1) is 0 Å². The van der Waals surface area contributed by atoms with E-state index in [0.29, 0.717) is 12.0 Å². The number of halogens is 1. The number of ketones is 1. The van der Waals surface area contributed by atoms with E-state index in [2.05, 4.69) is 10.5 Å². The average Bonchev–Trinajstić information content (AvgIpc) is 2.70. The SMILES string of the molecule is CC1=CC[C@](C(=O)O)(C(=O)N/N=C\C2=C(O)CC(C)(C)CC2=O)C[C@@H]1c1ccc(F)cc1. The minimum atomic E-state index is -1.77. The highest BCUT2D eigenvalue weighted by molar-refractivity contribution is 6.14. The fourth-order valence-electron chi connectivity index (χ4n) is 4.31. The van der Waals surface area contributed by atoms with Crippen LogP contribution < -0.4 is 5.43 Å². The molecular formula is C24H27FN2O5. The number of benzene rings is 1. The van der Waals surface area contributed by atoms with E-state index in [4.69, 9.17) is 0 Å². The van der Waals surface area contributed by atoms with Crippen LogP contribution in [0.25, 0.3) is 0 Å². The minimum absolute atomic E-state index is 0.0116. The van der Waals surface area contributed by atoms with Gasteiger partial charge in [0.2, 0.25) is 0 Å². The molecular weight excluding hydrogens is 415 g/mol. The summed E-state index contributed by atoms with van der Waals surface area (Å²) in [5, 5.41) is 23.9. The second-order valence-electron chi connectivity index (χ2n) is 9.35. The number of Topliss-reactive ketones (excluding diaryl/α,β-unsaturated/α-hetero) is 1. The van der Waals surface area contributed by atoms with E-state index in [1.165, 1.54) is 12.1 Å². The molecule has 8 heteroatoms. The highest BCUT2D eigenvalue weighted by atomic mass is 19.1. The Morgan fingerprint density at radius 2 is 1.88 bits per heavy atom. The van der Waals surface area contributed by atoms with Crippen molar-refractivity contribution in [3.05, 3.63) is 58.6 Å². The standard InChI is InChI=1S/C24H27FN2O5/c1-14-8-9-24(22(31)32,10-17(14)15-4-6-16(25)7-5-15)21(30)27-26-13-18-19(28)11-23(2,3)12-20(18)29/h4-8,13,17,28H,9-12H2,1-3H3,(H,27,30)(H,31,32)/b26-13-/t17-,24+/m0/s1. The van der Waals surface area contributed by atoms with E-state index in [9.17, 15) is 29.0 Å². The van der Waals surface area contributed by atoms with Gasteiger partial charge in [-0.2, -0.15) is 5.10 Å². The molecule has 0 heterocycles. The van der Waals surface area contributed by atoms with Crippen LogP contribution in [0.4, 0.5) is 4.39 Å². The number of amides is 1. The number of aliphatic hydroxyl groups excluding tert-OH is 1. The molecule has 0 saturated heterocycles. The zero-order valence-electron chi connectivity index (χ0n) is 18.3. The first-order valence-electron chi connectivity index (χ1n) is 10.4. The smallest absolute Gasteiger partial charge is 0.319 e. The summed E-state index contributed by atoms with van der Waals surface area (Å²) in [4.78, 5) is 37.4. The third kappa shape index (κ3) is 4.64. The van der Waals surface area contributed by atoms with Crippen molar-refractivity contribution in [2.75, 3.05) is 0 Å². The number of hydrogen-bond donors (Lipinski definition) is 3. The third-order valence-electron chi connectivity index (χ3n) is 6.25. The van der Waals surface area contributed by atoms with E-state index in [1.54, 1.807) is 18.2 Å². The summed E-state index contributed by atoms with van der Waals surface area (Å²) in [6.07, 6.45) is 3.27. The van der Waals surface area contributed by atoms with Gasteiger partial charge in [0.15, 0.2) is 11.2 Å². The molecule has 7 nitrogen and oxygen atoms in total. The monoisotopic (exact) mass is 442 g/mol. The van der Waals surface area contributed by atoms with Crippen molar-refractivity contribution >= 4 is 23.9 Å². The summed E-state index contributed by atoms with van der Waals surface area (Å²) >= 11 is 0. The molecule has 3 N–H and O–H groups in total. The van der Waals surface area contributed by atoms with E-state index >= 15 is 0 Å². The first-order valence-corrected chi connectivity index (χ1v) is 10.4. The lowest BCUT2D eigenvalue weighted by Gasteiger charge is -2.35. The van der Waals surface area contributed by atoms with Crippen LogP contribution in [0.3, 0.4) is 0 Å². The lowest BCUT2D eigenvalue weighted by Crippen LogP contribution is -2.47. The van der Waals surface area contributed by atoms with Crippen LogP contribution in [0.2, 0.25) is 0 Å². The van der Waals surface area contributed by atoms with Gasteiger partial charge in [0, 0.05) is 18.8 Å². The van der Waals surface area contributed by atoms with Gasteiger partial charge in [-0.05, 0) is 42.9 Å². The normalized spacial score (nSPS) is 25.6. The van der Waals surface area contributed by atoms with Crippen molar-refractivity contribution in [3.8, 4) is 0 Å². The molecule has 0 fully saturated rings. The van der Waals surface area contributed by atoms with Crippen molar-refractivity contribution in [1.82, 2.24) is 5.43 Å². The maximum Gasteiger partial charge on any atom is 0.319 e. The van der Waals surface area contributed by atoms with Crippen LogP contribution in [0.1, 0.15) is 57.9 Å². The molecule has 3 rings (SSSR count). The maximum absolute atomic E-state index is 13.3.